The largest absolute Gasteiger partial charge is 0.481 e. The number of ether oxygens (including phenoxy) is 1. The van der Waals surface area contributed by atoms with E-state index < -0.39 is 0 Å². The lowest BCUT2D eigenvalue weighted by Gasteiger charge is -2.03. The third kappa shape index (κ3) is 2.49. The molecule has 0 unspecified atom stereocenters. The van der Waals surface area contributed by atoms with Crippen LogP contribution in [0.3, 0.4) is 0 Å². The van der Waals surface area contributed by atoms with Crippen LogP contribution in [-0.4, -0.2) is 36.2 Å². The number of nitrogens with zero attached hydrogens (tertiary/aromatic N) is 2. The lowest BCUT2D eigenvalue weighted by atomic mass is 10.3. The zero-order chi connectivity index (χ0) is 12.3. The van der Waals surface area contributed by atoms with E-state index in [-0.39, 0.29) is 30.2 Å². The Balaban J connectivity index is 2.33. The van der Waals surface area contributed by atoms with Gasteiger partial charge in [0.15, 0.2) is 0 Å². The monoisotopic (exact) mass is 230 g/mol. The number of H-pyrrole nitrogens is 1. The van der Waals surface area contributed by atoms with Gasteiger partial charge in [0.1, 0.15) is 5.02 Å². The first-order valence-electron chi connectivity index (χ1n) is 5.84. The lowest BCUT2D eigenvalue weighted by Crippen LogP contribution is -2.20. The Morgan fingerprint density at radius 1 is 1.87 bits per heavy atom. The first-order chi connectivity index (χ1) is 8.20. The fraction of sp³-hybridized carbons (Fsp3) is 0.556. The first kappa shape index (κ1) is 8.13. The summed E-state index contributed by atoms with van der Waals surface area (Å²) in [5.41, 5.74) is 0.316. The van der Waals surface area contributed by atoms with E-state index in [1.807, 2.05) is 0 Å². The van der Waals surface area contributed by atoms with Gasteiger partial charge in [0.2, 0.25) is 11.5 Å². The Morgan fingerprint density at radius 3 is 3.53 bits per heavy atom. The molecule has 0 amide bonds. The van der Waals surface area contributed by atoms with Crippen molar-refractivity contribution < 1.29 is 7.48 Å². The van der Waals surface area contributed by atoms with Gasteiger partial charge in [0.05, 0.1) is 22.0 Å². The van der Waals surface area contributed by atoms with E-state index in [0.29, 0.717) is 5.62 Å². The minimum atomic E-state index is -0.274. The van der Waals surface area contributed by atoms with E-state index in [9.17, 15) is 0 Å². The summed E-state index contributed by atoms with van der Waals surface area (Å²) in [5.74, 6) is 0.173. The Morgan fingerprint density at radius 2 is 2.80 bits per heavy atom. The van der Waals surface area contributed by atoms with Gasteiger partial charge in [-0.15, -0.1) is 0 Å². The summed E-state index contributed by atoms with van der Waals surface area (Å²) in [5, 5.41) is 3.26. The van der Waals surface area contributed by atoms with Gasteiger partial charge >= 0.3 is 0 Å². The van der Waals surface area contributed by atoms with Crippen LogP contribution in [0.15, 0.2) is 11.2 Å². The molecule has 1 aliphatic heterocycles. The number of rotatable bonds is 2. The molecule has 0 aromatic carbocycles. The summed E-state index contributed by atoms with van der Waals surface area (Å²) in [6.45, 7) is 1.74. The average molecular weight is 231 g/mol. The van der Waals surface area contributed by atoms with Gasteiger partial charge in [-0.05, 0) is 13.0 Å². The molecule has 0 radical (unpaired) electrons. The highest BCUT2D eigenvalue weighted by Gasteiger charge is 2.12. The van der Waals surface area contributed by atoms with Crippen LogP contribution in [0.25, 0.3) is 0 Å². The molecular formula is C9H13ClN4O. The van der Waals surface area contributed by atoms with Crippen LogP contribution in [0.2, 0.25) is 5.02 Å². The van der Waals surface area contributed by atoms with Gasteiger partial charge in [-0.25, -0.2) is 9.98 Å². The van der Waals surface area contributed by atoms with E-state index in [4.69, 9.17) is 19.1 Å². The van der Waals surface area contributed by atoms with Crippen molar-refractivity contribution in [3.63, 3.8) is 0 Å². The molecular weight excluding hydrogens is 216 g/mol. The molecule has 1 atom stereocenters. The van der Waals surface area contributed by atoms with Crippen molar-refractivity contribution in [1.29, 1.82) is 0 Å². The van der Waals surface area contributed by atoms with Crippen LogP contribution >= 0.6 is 11.6 Å². The van der Waals surface area contributed by atoms with Crippen LogP contribution in [0.5, 0.6) is 5.88 Å². The van der Waals surface area contributed by atoms with Crippen molar-refractivity contribution in [2.75, 3.05) is 20.2 Å². The van der Waals surface area contributed by atoms with Crippen LogP contribution < -0.4 is 15.7 Å². The molecule has 0 saturated carbocycles. The van der Waals surface area contributed by atoms with Crippen LogP contribution in [0.1, 0.15) is 9.16 Å². The molecule has 1 aromatic heterocycles. The SMILES string of the molecule is [2H]COc1[nH]c(=N[C@@H]2CCNC2)nc([2H])c1Cl. The van der Waals surface area contributed by atoms with Gasteiger partial charge in [-0.3, -0.25) is 4.98 Å². The van der Waals surface area contributed by atoms with E-state index in [2.05, 4.69) is 20.3 Å². The van der Waals surface area contributed by atoms with Crippen molar-refractivity contribution in [2.45, 2.75) is 12.5 Å². The van der Waals surface area contributed by atoms with Crippen LogP contribution in [0, 0.1) is 0 Å². The molecule has 0 bridgehead atoms. The number of halogens is 1. The second-order valence-corrected chi connectivity index (χ2v) is 3.61. The summed E-state index contributed by atoms with van der Waals surface area (Å²) >= 11 is 5.82. The molecule has 2 heterocycles. The fourth-order valence-corrected chi connectivity index (χ4v) is 1.56. The summed E-state index contributed by atoms with van der Waals surface area (Å²) in [6, 6.07) is 0.156. The van der Waals surface area contributed by atoms with Gasteiger partial charge in [-0.1, -0.05) is 11.6 Å². The molecule has 82 valence electrons. The number of methoxy groups -OCH3 is 1. The molecule has 1 aliphatic rings. The molecule has 6 heteroatoms. The molecule has 0 spiro atoms. The number of aromatic nitrogens is 2. The second-order valence-electron chi connectivity index (χ2n) is 3.24. The number of hydrogen-bond acceptors (Lipinski definition) is 4. The van der Waals surface area contributed by atoms with Crippen molar-refractivity contribution in [2.24, 2.45) is 4.99 Å². The predicted molar refractivity (Wildman–Crippen MR) is 57.0 cm³/mol. The predicted octanol–water partition coefficient (Wildman–Crippen LogP) is 0.334. The fourth-order valence-electron chi connectivity index (χ4n) is 1.42. The van der Waals surface area contributed by atoms with Crippen LogP contribution in [-0.2, 0) is 0 Å². The van der Waals surface area contributed by atoms with Crippen molar-refractivity contribution >= 4 is 11.6 Å². The average Bonchev–Trinajstić information content (AvgIpc) is 2.78. The highest BCUT2D eigenvalue weighted by molar-refractivity contribution is 6.31. The lowest BCUT2D eigenvalue weighted by molar-refractivity contribution is 0.394. The highest BCUT2D eigenvalue weighted by atomic mass is 35.5. The maximum atomic E-state index is 7.57. The molecule has 2 rings (SSSR count). The van der Waals surface area contributed by atoms with E-state index in [1.165, 1.54) is 0 Å². The van der Waals surface area contributed by atoms with Gasteiger partial charge < -0.3 is 10.1 Å². The summed E-state index contributed by atoms with van der Waals surface area (Å²) < 4.78 is 19.5. The molecule has 2 N–H and O–H groups in total. The molecule has 0 aliphatic carbocycles. The third-order valence-corrected chi connectivity index (χ3v) is 2.42. The second kappa shape index (κ2) is 4.63. The quantitative estimate of drug-likeness (QED) is 0.770. The smallest absolute Gasteiger partial charge is 0.225 e. The summed E-state index contributed by atoms with van der Waals surface area (Å²) in [4.78, 5) is 11.1. The Hall–Kier alpha value is -1.07. The minimum absolute atomic E-state index is 0.0701. The van der Waals surface area contributed by atoms with E-state index >= 15 is 0 Å². The molecule has 15 heavy (non-hydrogen) atoms. The maximum absolute atomic E-state index is 7.57. The number of hydrogen-bond donors (Lipinski definition) is 2. The van der Waals surface area contributed by atoms with Gasteiger partial charge in [-0.2, -0.15) is 0 Å². The van der Waals surface area contributed by atoms with Gasteiger partial charge in [0.25, 0.3) is 0 Å². The third-order valence-electron chi connectivity index (χ3n) is 2.17. The van der Waals surface area contributed by atoms with Crippen molar-refractivity contribution in [1.82, 2.24) is 15.3 Å². The Bertz CT molecular complexity index is 459. The minimum Gasteiger partial charge on any atom is -0.481 e. The topological polar surface area (TPSA) is 62.3 Å². The van der Waals surface area contributed by atoms with E-state index in [1.54, 1.807) is 0 Å². The van der Waals surface area contributed by atoms with Crippen LogP contribution in [0.4, 0.5) is 0 Å². The zero-order valence-corrected chi connectivity index (χ0v) is 8.84. The zero-order valence-electron chi connectivity index (χ0n) is 10.1. The standard InChI is InChI=1S/C9H13ClN4O/c1-15-8-7(10)5-12-9(14-8)13-6-2-3-11-4-6/h5-6,11H,2-4H2,1H3,(H,12,13,14)/t6-/m1/s1/i1D,5D. The molecule has 5 nitrogen and oxygen atoms in total. The van der Waals surface area contributed by atoms with Gasteiger partial charge in [0, 0.05) is 6.54 Å². The summed E-state index contributed by atoms with van der Waals surface area (Å²) in [7, 11) is -0.274. The Kier molecular flexibility index (Phi) is 2.51. The number of aromatic amines is 1. The highest BCUT2D eigenvalue weighted by Crippen LogP contribution is 2.16. The van der Waals surface area contributed by atoms with Crippen molar-refractivity contribution in [3.05, 3.63) is 16.8 Å². The van der Waals surface area contributed by atoms with Crippen molar-refractivity contribution in [3.8, 4) is 5.88 Å². The number of nitrogens with one attached hydrogen (secondary N) is 2. The molecule has 1 saturated heterocycles. The van der Waals surface area contributed by atoms with E-state index in [0.717, 1.165) is 19.5 Å². The Labute approximate surface area is 95.4 Å². The summed E-state index contributed by atoms with van der Waals surface area (Å²) in [6.07, 6.45) is 0.846. The first-order valence-corrected chi connectivity index (χ1v) is 5.01. The normalized spacial score (nSPS) is 23.8. The maximum Gasteiger partial charge on any atom is 0.225 e. The molecule has 1 aromatic rings. The molecule has 1 fully saturated rings.